The minimum Gasteiger partial charge on any atom is -0.393 e. The maximum atomic E-state index is 10.4. The Morgan fingerprint density at radius 3 is 2.80 bits per heavy atom. The lowest BCUT2D eigenvalue weighted by molar-refractivity contribution is 0.103. The van der Waals surface area contributed by atoms with Crippen LogP contribution in [-0.2, 0) is 6.42 Å². The van der Waals surface area contributed by atoms with E-state index in [9.17, 15) is 5.11 Å². The lowest BCUT2D eigenvalue weighted by atomic mass is 9.96. The van der Waals surface area contributed by atoms with E-state index >= 15 is 0 Å². The molecule has 1 aliphatic carbocycles. The molecule has 0 amide bonds. The third-order valence-electron chi connectivity index (χ3n) is 5.03. The maximum absolute atomic E-state index is 10.4. The number of hydrogen-bond donors (Lipinski definition) is 1. The molecule has 0 spiro atoms. The fraction of sp³-hybridized carbons (Fsp3) is 0.667. The fourth-order valence-corrected chi connectivity index (χ4v) is 3.82. The molecule has 1 heterocycles. The van der Waals surface area contributed by atoms with Crippen LogP contribution in [0.5, 0.6) is 0 Å². The Kier molecular flexibility index (Phi) is 4.62. The van der Waals surface area contributed by atoms with Crippen molar-refractivity contribution in [2.45, 2.75) is 57.5 Å². The van der Waals surface area contributed by atoms with Gasteiger partial charge in [0.2, 0.25) is 0 Å². The van der Waals surface area contributed by atoms with Crippen LogP contribution in [0.2, 0.25) is 0 Å². The number of rotatable bonds is 2. The minimum atomic E-state index is -0.0899. The highest BCUT2D eigenvalue weighted by atomic mass is 16.3. The van der Waals surface area contributed by atoms with Crippen molar-refractivity contribution in [3.8, 4) is 0 Å². The Morgan fingerprint density at radius 1 is 1.00 bits per heavy atom. The number of nitrogens with zero attached hydrogens (tertiary/aromatic N) is 1. The van der Waals surface area contributed by atoms with Gasteiger partial charge in [0.05, 0.1) is 6.10 Å². The molecule has 1 aliphatic heterocycles. The van der Waals surface area contributed by atoms with Gasteiger partial charge in [-0.1, -0.05) is 37.5 Å². The number of hydrogen-bond acceptors (Lipinski definition) is 2. The molecule has 1 saturated carbocycles. The Morgan fingerprint density at radius 2 is 1.85 bits per heavy atom. The molecular weight excluding hydrogens is 246 g/mol. The molecule has 110 valence electrons. The van der Waals surface area contributed by atoms with Crippen LogP contribution in [0.4, 0.5) is 5.69 Å². The second kappa shape index (κ2) is 6.62. The number of para-hydroxylation sites is 1. The molecule has 1 aromatic rings. The van der Waals surface area contributed by atoms with E-state index < -0.39 is 0 Å². The van der Waals surface area contributed by atoms with Gasteiger partial charge in [0, 0.05) is 24.7 Å². The number of aryl methyl sites for hydroxylation is 1. The van der Waals surface area contributed by atoms with Crippen molar-refractivity contribution in [3.63, 3.8) is 0 Å². The van der Waals surface area contributed by atoms with Gasteiger partial charge in [0.15, 0.2) is 0 Å². The van der Waals surface area contributed by atoms with E-state index in [-0.39, 0.29) is 6.10 Å². The minimum absolute atomic E-state index is 0.0899. The lowest BCUT2D eigenvalue weighted by Gasteiger charge is -2.31. The standard InChI is InChI=1S/C18H27NO/c20-18-12-3-1-2-10-16(18)14-19-13-7-6-9-15-8-4-5-11-17(15)19/h4-5,8,11,16,18,20H,1-3,6-7,9-10,12-14H2. The summed E-state index contributed by atoms with van der Waals surface area (Å²) in [6, 6.07) is 8.85. The predicted molar refractivity (Wildman–Crippen MR) is 84.2 cm³/mol. The molecule has 2 nitrogen and oxygen atoms in total. The third-order valence-corrected chi connectivity index (χ3v) is 5.03. The van der Waals surface area contributed by atoms with Crippen molar-refractivity contribution in [1.82, 2.24) is 0 Å². The molecule has 2 aliphatic rings. The molecule has 0 radical (unpaired) electrons. The first-order chi connectivity index (χ1) is 9.84. The van der Waals surface area contributed by atoms with E-state index in [0.29, 0.717) is 5.92 Å². The first-order valence-corrected chi connectivity index (χ1v) is 8.35. The average molecular weight is 273 g/mol. The van der Waals surface area contributed by atoms with E-state index in [2.05, 4.69) is 29.2 Å². The number of benzene rings is 1. The highest BCUT2D eigenvalue weighted by molar-refractivity contribution is 5.54. The van der Waals surface area contributed by atoms with Gasteiger partial charge in [-0.2, -0.15) is 0 Å². The Labute approximate surface area is 122 Å². The van der Waals surface area contributed by atoms with Crippen LogP contribution >= 0.6 is 0 Å². The molecule has 1 fully saturated rings. The molecule has 20 heavy (non-hydrogen) atoms. The molecule has 3 rings (SSSR count). The zero-order valence-corrected chi connectivity index (χ0v) is 12.4. The summed E-state index contributed by atoms with van der Waals surface area (Å²) in [4.78, 5) is 2.54. The van der Waals surface area contributed by atoms with Crippen molar-refractivity contribution < 1.29 is 5.11 Å². The number of fused-ring (bicyclic) bond motifs is 1. The number of aliphatic hydroxyl groups is 1. The quantitative estimate of drug-likeness (QED) is 0.829. The molecule has 2 heteroatoms. The van der Waals surface area contributed by atoms with E-state index in [4.69, 9.17) is 0 Å². The summed E-state index contributed by atoms with van der Waals surface area (Å²) >= 11 is 0. The topological polar surface area (TPSA) is 23.5 Å². The lowest BCUT2D eigenvalue weighted by Crippen LogP contribution is -2.35. The number of aliphatic hydroxyl groups excluding tert-OH is 1. The number of anilines is 1. The summed E-state index contributed by atoms with van der Waals surface area (Å²) in [6.45, 7) is 2.19. The SMILES string of the molecule is OC1CCCCCC1CN1CCCCc2ccccc21. The highest BCUT2D eigenvalue weighted by Gasteiger charge is 2.25. The van der Waals surface area contributed by atoms with Gasteiger partial charge in [0.1, 0.15) is 0 Å². The normalized spacial score (nSPS) is 27.6. The predicted octanol–water partition coefficient (Wildman–Crippen LogP) is 3.77. The third kappa shape index (κ3) is 3.17. The van der Waals surface area contributed by atoms with E-state index in [1.807, 2.05) is 0 Å². The molecular formula is C18H27NO. The van der Waals surface area contributed by atoms with Crippen molar-refractivity contribution in [2.24, 2.45) is 5.92 Å². The van der Waals surface area contributed by atoms with Gasteiger partial charge >= 0.3 is 0 Å². The summed E-state index contributed by atoms with van der Waals surface area (Å²) in [7, 11) is 0. The fourth-order valence-electron chi connectivity index (χ4n) is 3.82. The summed E-state index contributed by atoms with van der Waals surface area (Å²) in [5.74, 6) is 0.462. The van der Waals surface area contributed by atoms with Crippen molar-refractivity contribution in [2.75, 3.05) is 18.0 Å². The summed E-state index contributed by atoms with van der Waals surface area (Å²) in [5.41, 5.74) is 2.91. The van der Waals surface area contributed by atoms with E-state index in [1.165, 1.54) is 56.2 Å². The van der Waals surface area contributed by atoms with Gasteiger partial charge in [-0.15, -0.1) is 0 Å². The van der Waals surface area contributed by atoms with Crippen LogP contribution in [0.1, 0.15) is 50.5 Å². The van der Waals surface area contributed by atoms with E-state index in [1.54, 1.807) is 0 Å². The van der Waals surface area contributed by atoms with Crippen LogP contribution in [0.25, 0.3) is 0 Å². The van der Waals surface area contributed by atoms with Gasteiger partial charge in [-0.25, -0.2) is 0 Å². The zero-order valence-electron chi connectivity index (χ0n) is 12.4. The van der Waals surface area contributed by atoms with Crippen LogP contribution in [0.3, 0.4) is 0 Å². The van der Waals surface area contributed by atoms with Gasteiger partial charge in [-0.3, -0.25) is 0 Å². The van der Waals surface area contributed by atoms with Crippen LogP contribution in [-0.4, -0.2) is 24.3 Å². The molecule has 1 aromatic carbocycles. The highest BCUT2D eigenvalue weighted by Crippen LogP contribution is 2.30. The zero-order chi connectivity index (χ0) is 13.8. The summed E-state index contributed by atoms with van der Waals surface area (Å²) in [6.07, 6.45) is 9.67. The van der Waals surface area contributed by atoms with Crippen molar-refractivity contribution >= 4 is 5.69 Å². The Bertz CT molecular complexity index is 431. The Hall–Kier alpha value is -1.02. The van der Waals surface area contributed by atoms with Gasteiger partial charge < -0.3 is 10.0 Å². The molecule has 0 bridgehead atoms. The van der Waals surface area contributed by atoms with E-state index in [0.717, 1.165) is 19.5 Å². The van der Waals surface area contributed by atoms with Crippen LogP contribution < -0.4 is 4.90 Å². The molecule has 2 atom stereocenters. The van der Waals surface area contributed by atoms with Crippen molar-refractivity contribution in [1.29, 1.82) is 0 Å². The summed E-state index contributed by atoms with van der Waals surface area (Å²) in [5, 5.41) is 10.4. The largest absolute Gasteiger partial charge is 0.393 e. The van der Waals surface area contributed by atoms with Crippen molar-refractivity contribution in [3.05, 3.63) is 29.8 Å². The molecule has 2 unspecified atom stereocenters. The monoisotopic (exact) mass is 273 g/mol. The summed E-state index contributed by atoms with van der Waals surface area (Å²) < 4.78 is 0. The van der Waals surface area contributed by atoms with Gasteiger partial charge in [-0.05, 0) is 43.7 Å². The smallest absolute Gasteiger partial charge is 0.0585 e. The second-order valence-corrected chi connectivity index (χ2v) is 6.50. The Balaban J connectivity index is 1.75. The van der Waals surface area contributed by atoms with Gasteiger partial charge in [0.25, 0.3) is 0 Å². The molecule has 0 aromatic heterocycles. The van der Waals surface area contributed by atoms with Crippen LogP contribution in [0.15, 0.2) is 24.3 Å². The second-order valence-electron chi connectivity index (χ2n) is 6.50. The molecule has 0 saturated heterocycles. The maximum Gasteiger partial charge on any atom is 0.0585 e. The van der Waals surface area contributed by atoms with Crippen LogP contribution in [0, 0.1) is 5.92 Å². The first kappa shape index (κ1) is 13.9. The molecule has 1 N–H and O–H groups in total. The average Bonchev–Trinajstić information content (AvgIpc) is 2.79. The first-order valence-electron chi connectivity index (χ1n) is 8.35.